The summed E-state index contributed by atoms with van der Waals surface area (Å²) in [7, 11) is 2.09. The lowest BCUT2D eigenvalue weighted by Gasteiger charge is -2.31. The molecule has 1 aromatic carbocycles. The average molecular weight is 488 g/mol. The second kappa shape index (κ2) is 10.0. The quantitative estimate of drug-likeness (QED) is 0.402. The first kappa shape index (κ1) is 23.9. The summed E-state index contributed by atoms with van der Waals surface area (Å²) in [6.07, 6.45) is 10.3. The van der Waals surface area contributed by atoms with Gasteiger partial charge in [-0.2, -0.15) is 0 Å². The van der Waals surface area contributed by atoms with Crippen molar-refractivity contribution in [1.82, 2.24) is 24.3 Å². The standard InChI is InChI=1S/C27H30FN7O/c1-3-6-17-10-11-30-22(15-17)32-27(36)19-9-8-18(16-20(19)28)23-24-25(29)31-12-14-35(24)26(33-23)21-7-4-5-13-34(21)2/h8-12,14-16,21H,3-7,13H2,1-2H3,(H2,29,31)(H,30,32,36)/t21-/m0/s1. The highest BCUT2D eigenvalue weighted by Gasteiger charge is 2.27. The SMILES string of the molecule is CCCc1ccnc(NC(=O)c2ccc(-c3nc([C@@H]4CCCCN4C)n4ccnc(N)c34)cc2F)c1. The van der Waals surface area contributed by atoms with Crippen molar-refractivity contribution in [1.29, 1.82) is 0 Å². The van der Waals surface area contributed by atoms with Crippen LogP contribution in [-0.4, -0.2) is 43.8 Å². The van der Waals surface area contributed by atoms with Gasteiger partial charge in [0, 0.05) is 24.2 Å². The highest BCUT2D eigenvalue weighted by atomic mass is 19.1. The molecule has 0 saturated carbocycles. The van der Waals surface area contributed by atoms with Gasteiger partial charge < -0.3 is 11.1 Å². The van der Waals surface area contributed by atoms with E-state index >= 15 is 4.39 Å². The van der Waals surface area contributed by atoms with Crippen LogP contribution in [0.2, 0.25) is 0 Å². The van der Waals surface area contributed by atoms with Crippen molar-refractivity contribution in [3.05, 3.63) is 71.7 Å². The Bertz CT molecular complexity index is 1420. The van der Waals surface area contributed by atoms with Gasteiger partial charge in [-0.1, -0.05) is 25.8 Å². The van der Waals surface area contributed by atoms with E-state index in [2.05, 4.69) is 34.2 Å². The van der Waals surface area contributed by atoms with Crippen molar-refractivity contribution in [3.8, 4) is 11.3 Å². The maximum atomic E-state index is 15.2. The summed E-state index contributed by atoms with van der Waals surface area (Å²) in [6, 6.07) is 8.35. The Morgan fingerprint density at radius 1 is 1.19 bits per heavy atom. The minimum absolute atomic E-state index is 0.0664. The number of carbonyl (C=O) groups excluding carboxylic acids is 1. The predicted octanol–water partition coefficient (Wildman–Crippen LogP) is 4.87. The number of nitrogens with two attached hydrogens (primary N) is 1. The number of nitrogens with zero attached hydrogens (tertiary/aromatic N) is 5. The van der Waals surface area contributed by atoms with Crippen LogP contribution in [-0.2, 0) is 6.42 Å². The van der Waals surface area contributed by atoms with Gasteiger partial charge in [0.1, 0.15) is 34.5 Å². The lowest BCUT2D eigenvalue weighted by Crippen LogP contribution is -2.30. The van der Waals surface area contributed by atoms with Crippen LogP contribution >= 0.6 is 0 Å². The maximum Gasteiger partial charge on any atom is 0.259 e. The Kier molecular flexibility index (Phi) is 6.65. The second-order valence-electron chi connectivity index (χ2n) is 9.29. The number of piperidine rings is 1. The Hall–Kier alpha value is -3.85. The predicted molar refractivity (Wildman–Crippen MR) is 138 cm³/mol. The number of amides is 1. The van der Waals surface area contributed by atoms with Gasteiger partial charge in [-0.3, -0.25) is 14.1 Å². The van der Waals surface area contributed by atoms with Gasteiger partial charge >= 0.3 is 0 Å². The van der Waals surface area contributed by atoms with Crippen LogP contribution in [0.4, 0.5) is 16.0 Å². The number of halogens is 1. The van der Waals surface area contributed by atoms with E-state index < -0.39 is 11.7 Å². The molecule has 3 N–H and O–H groups in total. The van der Waals surface area contributed by atoms with Gasteiger partial charge in [-0.15, -0.1) is 0 Å². The Morgan fingerprint density at radius 2 is 2.06 bits per heavy atom. The van der Waals surface area contributed by atoms with Crippen LogP contribution < -0.4 is 11.1 Å². The summed E-state index contributed by atoms with van der Waals surface area (Å²) in [6.45, 7) is 3.07. The Labute approximate surface area is 209 Å². The molecule has 3 aromatic heterocycles. The van der Waals surface area contributed by atoms with Gasteiger partial charge in [-0.25, -0.2) is 19.3 Å². The van der Waals surface area contributed by atoms with Crippen molar-refractivity contribution in [2.75, 3.05) is 24.6 Å². The molecule has 5 rings (SSSR count). The molecule has 4 aromatic rings. The summed E-state index contributed by atoms with van der Waals surface area (Å²) in [5.41, 5.74) is 8.98. The van der Waals surface area contributed by atoms with Crippen molar-refractivity contribution in [2.45, 2.75) is 45.1 Å². The molecule has 9 heteroatoms. The summed E-state index contributed by atoms with van der Waals surface area (Å²) >= 11 is 0. The molecule has 1 fully saturated rings. The van der Waals surface area contributed by atoms with Gasteiger partial charge in [0.2, 0.25) is 0 Å². The third kappa shape index (κ3) is 4.54. The van der Waals surface area contributed by atoms with E-state index in [1.807, 2.05) is 22.7 Å². The van der Waals surface area contributed by atoms with Crippen molar-refractivity contribution in [3.63, 3.8) is 0 Å². The molecule has 0 aliphatic carbocycles. The smallest absolute Gasteiger partial charge is 0.259 e. The minimum Gasteiger partial charge on any atom is -0.382 e. The van der Waals surface area contributed by atoms with Gasteiger partial charge in [0.05, 0.1) is 11.6 Å². The number of aryl methyl sites for hydroxylation is 1. The minimum atomic E-state index is -0.644. The monoisotopic (exact) mass is 487 g/mol. The molecule has 1 atom stereocenters. The number of fused-ring (bicyclic) bond motifs is 1. The fourth-order valence-electron chi connectivity index (χ4n) is 4.94. The van der Waals surface area contributed by atoms with Crippen LogP contribution in [0.5, 0.6) is 0 Å². The van der Waals surface area contributed by atoms with Crippen molar-refractivity contribution >= 4 is 23.1 Å². The number of hydrogen-bond donors (Lipinski definition) is 2. The number of aromatic nitrogens is 4. The summed E-state index contributed by atoms with van der Waals surface area (Å²) < 4.78 is 17.2. The zero-order valence-corrected chi connectivity index (χ0v) is 20.5. The highest BCUT2D eigenvalue weighted by Crippen LogP contribution is 2.35. The zero-order valence-electron chi connectivity index (χ0n) is 20.5. The molecular weight excluding hydrogens is 457 g/mol. The van der Waals surface area contributed by atoms with Crippen LogP contribution in [0.15, 0.2) is 48.9 Å². The number of rotatable bonds is 6. The topological polar surface area (TPSA) is 101 Å². The van der Waals surface area contributed by atoms with Crippen molar-refractivity contribution in [2.24, 2.45) is 0 Å². The number of carbonyl (C=O) groups is 1. The molecule has 0 spiro atoms. The molecule has 0 radical (unpaired) electrons. The first-order chi connectivity index (χ1) is 17.5. The van der Waals surface area contributed by atoms with E-state index in [9.17, 15) is 4.79 Å². The average Bonchev–Trinajstić information content (AvgIpc) is 3.25. The van der Waals surface area contributed by atoms with Crippen LogP contribution in [0.3, 0.4) is 0 Å². The molecular formula is C27H30FN7O. The fourth-order valence-corrected chi connectivity index (χ4v) is 4.94. The summed E-state index contributed by atoms with van der Waals surface area (Å²) in [5.74, 6) is 0.381. The van der Waals surface area contributed by atoms with E-state index in [1.54, 1.807) is 18.5 Å². The number of benzene rings is 1. The molecule has 0 bridgehead atoms. The lowest BCUT2D eigenvalue weighted by atomic mass is 10.0. The highest BCUT2D eigenvalue weighted by molar-refractivity contribution is 6.04. The van der Waals surface area contributed by atoms with Gasteiger partial charge in [0.15, 0.2) is 0 Å². The van der Waals surface area contributed by atoms with Crippen molar-refractivity contribution < 1.29 is 9.18 Å². The fraction of sp³-hybridized carbons (Fsp3) is 0.333. The van der Waals surface area contributed by atoms with E-state index in [-0.39, 0.29) is 11.6 Å². The second-order valence-corrected chi connectivity index (χ2v) is 9.29. The molecule has 0 unspecified atom stereocenters. The third-order valence-electron chi connectivity index (χ3n) is 6.77. The zero-order chi connectivity index (χ0) is 25.2. The van der Waals surface area contributed by atoms with Crippen LogP contribution in [0, 0.1) is 5.82 Å². The van der Waals surface area contributed by atoms with Crippen LogP contribution in [0.1, 0.15) is 60.4 Å². The number of likely N-dealkylation sites (tertiary alicyclic amines) is 1. The van der Waals surface area contributed by atoms with E-state index in [0.717, 1.165) is 50.0 Å². The Balaban J connectivity index is 1.48. The number of hydrogen-bond acceptors (Lipinski definition) is 6. The molecule has 186 valence electrons. The van der Waals surface area contributed by atoms with Gasteiger partial charge in [-0.05, 0) is 62.7 Å². The molecule has 1 amide bonds. The molecule has 1 saturated heterocycles. The number of pyridine rings is 1. The molecule has 1 aliphatic heterocycles. The molecule has 36 heavy (non-hydrogen) atoms. The maximum absolute atomic E-state index is 15.2. The largest absolute Gasteiger partial charge is 0.382 e. The molecule has 8 nitrogen and oxygen atoms in total. The summed E-state index contributed by atoms with van der Waals surface area (Å²) in [5, 5.41) is 2.70. The number of imidazole rings is 1. The first-order valence-electron chi connectivity index (χ1n) is 12.3. The third-order valence-corrected chi connectivity index (χ3v) is 6.77. The van der Waals surface area contributed by atoms with E-state index in [4.69, 9.17) is 10.7 Å². The number of nitrogens with one attached hydrogen (secondary N) is 1. The number of nitrogen functional groups attached to an aromatic ring is 1. The Morgan fingerprint density at radius 3 is 2.83 bits per heavy atom. The van der Waals surface area contributed by atoms with E-state index in [0.29, 0.717) is 28.4 Å². The van der Waals surface area contributed by atoms with Crippen LogP contribution in [0.25, 0.3) is 16.8 Å². The number of anilines is 2. The lowest BCUT2D eigenvalue weighted by molar-refractivity contribution is 0.102. The molecule has 1 aliphatic rings. The van der Waals surface area contributed by atoms with E-state index in [1.165, 1.54) is 12.1 Å². The normalized spacial score (nSPS) is 16.4. The molecule has 4 heterocycles. The first-order valence-corrected chi connectivity index (χ1v) is 12.3. The van der Waals surface area contributed by atoms with Gasteiger partial charge in [0.25, 0.3) is 5.91 Å². The summed E-state index contributed by atoms with van der Waals surface area (Å²) in [4.78, 5) is 28.5.